The van der Waals surface area contributed by atoms with E-state index in [1.807, 2.05) is 21.1 Å². The molecule has 380 valence electrons. The van der Waals surface area contributed by atoms with Gasteiger partial charge in [0.1, 0.15) is 19.8 Å². The fourth-order valence-corrected chi connectivity index (χ4v) is 8.75. The van der Waals surface area contributed by atoms with Crippen LogP contribution in [0.25, 0.3) is 0 Å². The Balaban J connectivity index is 4.17. The lowest BCUT2D eigenvalue weighted by molar-refractivity contribution is -0.870. The molecule has 0 aromatic rings. The van der Waals surface area contributed by atoms with E-state index in [2.05, 4.69) is 26.0 Å². The van der Waals surface area contributed by atoms with Crippen molar-refractivity contribution in [1.82, 2.24) is 0 Å². The summed E-state index contributed by atoms with van der Waals surface area (Å²) in [6.45, 7) is 4.48. The van der Waals surface area contributed by atoms with Gasteiger partial charge >= 0.3 is 19.8 Å². The van der Waals surface area contributed by atoms with Crippen molar-refractivity contribution in [2.24, 2.45) is 0 Å². The number of phosphoric ester groups is 1. The highest BCUT2D eigenvalue weighted by molar-refractivity contribution is 7.47. The van der Waals surface area contributed by atoms with E-state index in [0.717, 1.165) is 38.5 Å². The van der Waals surface area contributed by atoms with Gasteiger partial charge in [-0.05, 0) is 38.5 Å². The van der Waals surface area contributed by atoms with Gasteiger partial charge in [-0.1, -0.05) is 231 Å². The Morgan fingerprint density at radius 1 is 0.469 bits per heavy atom. The normalized spacial score (nSPS) is 13.4. The van der Waals surface area contributed by atoms with Crippen LogP contribution in [0.1, 0.15) is 271 Å². The second-order valence-electron chi connectivity index (χ2n) is 20.0. The van der Waals surface area contributed by atoms with E-state index in [0.29, 0.717) is 17.4 Å². The van der Waals surface area contributed by atoms with Crippen LogP contribution in [-0.4, -0.2) is 74.9 Å². The number of likely N-dealkylation sites (N-methyl/N-ethyl adjacent to an activating group) is 1. The van der Waals surface area contributed by atoms with Crippen LogP contribution in [0.3, 0.4) is 0 Å². The van der Waals surface area contributed by atoms with Crippen molar-refractivity contribution in [3.63, 3.8) is 0 Å². The zero-order valence-corrected chi connectivity index (χ0v) is 43.9. The first-order valence-corrected chi connectivity index (χ1v) is 28.9. The van der Waals surface area contributed by atoms with Crippen LogP contribution in [-0.2, 0) is 32.7 Å². The molecule has 0 aromatic carbocycles. The lowest BCUT2D eigenvalue weighted by Crippen LogP contribution is -2.37. The highest BCUT2D eigenvalue weighted by atomic mass is 31.2. The van der Waals surface area contributed by atoms with Crippen LogP contribution < -0.4 is 0 Å². The minimum Gasteiger partial charge on any atom is -0.462 e. The molecular weight excluding hydrogens is 822 g/mol. The summed E-state index contributed by atoms with van der Waals surface area (Å²) in [4.78, 5) is 35.6. The van der Waals surface area contributed by atoms with Crippen molar-refractivity contribution >= 4 is 19.8 Å². The lowest BCUT2D eigenvalue weighted by atomic mass is 10.0. The molecule has 0 amide bonds. The van der Waals surface area contributed by atoms with E-state index in [9.17, 15) is 19.0 Å². The molecule has 10 heteroatoms. The van der Waals surface area contributed by atoms with Gasteiger partial charge in [-0.2, -0.15) is 0 Å². The quantitative estimate of drug-likeness (QED) is 0.0211. The average Bonchev–Trinajstić information content (AvgIpc) is 3.25. The number of hydrogen-bond acceptors (Lipinski definition) is 7. The molecule has 1 unspecified atom stereocenters. The van der Waals surface area contributed by atoms with E-state index in [1.54, 1.807) is 0 Å². The minimum absolute atomic E-state index is 0.0355. The molecule has 2 atom stereocenters. The first-order chi connectivity index (χ1) is 31.0. The molecular formula is C54H107NO8P+. The Morgan fingerprint density at radius 2 is 0.797 bits per heavy atom. The SMILES string of the molecule is CCCCCCCC/C=C\CCCCCCCCCCCCCC(=O)OC[C@H](COP(=O)(O)OCC[N+](C)(C)C)OC(=O)CCCCCCCCCCCCCCCCCCCCC. The third kappa shape index (κ3) is 50.2. The maximum absolute atomic E-state index is 12.8. The molecule has 0 spiro atoms. The van der Waals surface area contributed by atoms with Gasteiger partial charge in [0.2, 0.25) is 0 Å². The van der Waals surface area contributed by atoms with Gasteiger partial charge in [0, 0.05) is 12.8 Å². The van der Waals surface area contributed by atoms with Crippen molar-refractivity contribution in [1.29, 1.82) is 0 Å². The number of hydrogen-bond donors (Lipinski definition) is 1. The topological polar surface area (TPSA) is 108 Å². The second kappa shape index (κ2) is 46.8. The van der Waals surface area contributed by atoms with E-state index in [-0.39, 0.29) is 25.6 Å². The Kier molecular flexibility index (Phi) is 45.9. The van der Waals surface area contributed by atoms with Gasteiger partial charge in [0.15, 0.2) is 6.10 Å². The summed E-state index contributed by atoms with van der Waals surface area (Å²) < 4.78 is 34.5. The molecule has 0 fully saturated rings. The molecule has 1 N–H and O–H groups in total. The summed E-state index contributed by atoms with van der Waals surface area (Å²) in [6, 6.07) is 0. The third-order valence-electron chi connectivity index (χ3n) is 12.3. The molecule has 0 aliphatic carbocycles. The largest absolute Gasteiger partial charge is 0.472 e. The maximum atomic E-state index is 12.8. The highest BCUT2D eigenvalue weighted by Gasteiger charge is 2.27. The van der Waals surface area contributed by atoms with Gasteiger partial charge < -0.3 is 18.9 Å². The number of ether oxygens (including phenoxy) is 2. The van der Waals surface area contributed by atoms with Crippen molar-refractivity contribution < 1.29 is 42.1 Å². The maximum Gasteiger partial charge on any atom is 0.472 e. The first kappa shape index (κ1) is 62.8. The van der Waals surface area contributed by atoms with Gasteiger partial charge in [-0.3, -0.25) is 18.6 Å². The zero-order valence-electron chi connectivity index (χ0n) is 43.0. The fourth-order valence-electron chi connectivity index (χ4n) is 8.01. The third-order valence-corrected chi connectivity index (χ3v) is 13.3. The Morgan fingerprint density at radius 3 is 1.16 bits per heavy atom. The number of allylic oxidation sites excluding steroid dienone is 2. The summed E-state index contributed by atoms with van der Waals surface area (Å²) in [7, 11) is 1.49. The molecule has 0 radical (unpaired) electrons. The molecule has 0 rings (SSSR count). The highest BCUT2D eigenvalue weighted by Crippen LogP contribution is 2.43. The van der Waals surface area contributed by atoms with Crippen molar-refractivity contribution in [2.75, 3.05) is 47.5 Å². The smallest absolute Gasteiger partial charge is 0.462 e. The van der Waals surface area contributed by atoms with Crippen LogP contribution in [0.2, 0.25) is 0 Å². The summed E-state index contributed by atoms with van der Waals surface area (Å²) in [5.74, 6) is -0.781. The number of esters is 2. The van der Waals surface area contributed by atoms with Crippen LogP contribution in [0.15, 0.2) is 12.2 Å². The van der Waals surface area contributed by atoms with Crippen LogP contribution in [0.4, 0.5) is 0 Å². The number of phosphoric acid groups is 1. The van der Waals surface area contributed by atoms with Crippen LogP contribution in [0, 0.1) is 0 Å². The molecule has 0 aliphatic heterocycles. The minimum atomic E-state index is -4.38. The molecule has 0 aromatic heterocycles. The van der Waals surface area contributed by atoms with Gasteiger partial charge in [-0.25, -0.2) is 4.57 Å². The molecule has 0 aliphatic rings. The molecule has 0 saturated carbocycles. The lowest BCUT2D eigenvalue weighted by Gasteiger charge is -2.24. The van der Waals surface area contributed by atoms with E-state index in [1.165, 1.54) is 205 Å². The fraction of sp³-hybridized carbons (Fsp3) is 0.926. The molecule has 0 saturated heterocycles. The monoisotopic (exact) mass is 929 g/mol. The number of carbonyl (C=O) groups excluding carboxylic acids is 2. The van der Waals surface area contributed by atoms with E-state index >= 15 is 0 Å². The van der Waals surface area contributed by atoms with Gasteiger partial charge in [-0.15, -0.1) is 0 Å². The average molecular weight is 929 g/mol. The molecule has 0 bridgehead atoms. The predicted octanol–water partition coefficient (Wildman–Crippen LogP) is 16.5. The predicted molar refractivity (Wildman–Crippen MR) is 271 cm³/mol. The molecule has 9 nitrogen and oxygen atoms in total. The van der Waals surface area contributed by atoms with Crippen molar-refractivity contribution in [3.05, 3.63) is 12.2 Å². The summed E-state index contributed by atoms with van der Waals surface area (Å²) in [6.07, 6.45) is 52.6. The Hall–Kier alpha value is -1.25. The summed E-state index contributed by atoms with van der Waals surface area (Å²) in [5, 5.41) is 0. The van der Waals surface area contributed by atoms with Crippen LogP contribution >= 0.6 is 7.82 Å². The van der Waals surface area contributed by atoms with Gasteiger partial charge in [0.25, 0.3) is 0 Å². The van der Waals surface area contributed by atoms with E-state index < -0.39 is 26.5 Å². The standard InChI is InChI=1S/C54H106NO8P/c1-6-8-10-12-14-16-18-20-22-24-26-27-29-30-32-34-36-38-40-42-44-46-53(56)60-50-52(51-62-64(58,59)61-49-48-55(3,4)5)63-54(57)47-45-43-41-39-37-35-33-31-28-25-23-21-19-17-15-13-11-9-7-2/h20,22,52H,6-19,21,23-51H2,1-5H3/p+1/b22-20-/t52-/m1/s1. The number of quaternary nitrogens is 1. The second-order valence-corrected chi connectivity index (χ2v) is 21.4. The molecule has 0 heterocycles. The van der Waals surface area contributed by atoms with Crippen molar-refractivity contribution in [3.8, 4) is 0 Å². The Bertz CT molecular complexity index is 1100. The number of unbranched alkanes of at least 4 members (excludes halogenated alkanes) is 35. The van der Waals surface area contributed by atoms with Crippen molar-refractivity contribution in [2.45, 2.75) is 277 Å². The summed E-state index contributed by atoms with van der Waals surface area (Å²) >= 11 is 0. The number of carbonyl (C=O) groups is 2. The zero-order chi connectivity index (χ0) is 47.1. The molecule has 64 heavy (non-hydrogen) atoms. The summed E-state index contributed by atoms with van der Waals surface area (Å²) in [5.41, 5.74) is 0. The number of nitrogens with zero attached hydrogens (tertiary/aromatic N) is 1. The van der Waals surface area contributed by atoms with Gasteiger partial charge in [0.05, 0.1) is 27.7 Å². The van der Waals surface area contributed by atoms with Crippen LogP contribution in [0.5, 0.6) is 0 Å². The number of rotatable bonds is 51. The van der Waals surface area contributed by atoms with E-state index in [4.69, 9.17) is 18.5 Å². The first-order valence-electron chi connectivity index (χ1n) is 27.4. The Labute approximate surface area is 396 Å².